The van der Waals surface area contributed by atoms with Crippen LogP contribution in [0, 0.1) is 0 Å². The largest absolute Gasteiger partial charge is 0.303 e. The van der Waals surface area contributed by atoms with Crippen molar-refractivity contribution < 1.29 is 0 Å². The molecule has 1 rings (SSSR count). The molecule has 0 aromatic heterocycles. The quantitative estimate of drug-likeness (QED) is 0.546. The number of benzene rings is 1. The minimum absolute atomic E-state index is 0.596. The number of hydrogen-bond acceptors (Lipinski definition) is 3. The third-order valence-electron chi connectivity index (χ3n) is 5.19. The molecule has 24 heavy (non-hydrogen) atoms. The highest BCUT2D eigenvalue weighted by Crippen LogP contribution is 2.11. The number of hydrogen-bond donors (Lipinski definition) is 0. The highest BCUT2D eigenvalue weighted by atomic mass is 15.2. The molecule has 0 aliphatic rings. The van der Waals surface area contributed by atoms with Crippen molar-refractivity contribution in [3.63, 3.8) is 0 Å². The van der Waals surface area contributed by atoms with Gasteiger partial charge in [-0.25, -0.2) is 0 Å². The van der Waals surface area contributed by atoms with Crippen LogP contribution in [0.25, 0.3) is 0 Å². The Labute approximate surface area is 150 Å². The Morgan fingerprint density at radius 2 is 1.25 bits per heavy atom. The van der Waals surface area contributed by atoms with Crippen LogP contribution in [0.15, 0.2) is 30.3 Å². The van der Waals surface area contributed by atoms with E-state index in [1.165, 1.54) is 18.7 Å². The van der Waals surface area contributed by atoms with Gasteiger partial charge in [-0.15, -0.1) is 0 Å². The fourth-order valence-corrected chi connectivity index (χ4v) is 3.43. The van der Waals surface area contributed by atoms with Gasteiger partial charge in [-0.2, -0.15) is 0 Å². The summed E-state index contributed by atoms with van der Waals surface area (Å²) < 4.78 is 0. The lowest BCUT2D eigenvalue weighted by molar-refractivity contribution is 0.139. The van der Waals surface area contributed by atoms with Crippen LogP contribution in [0.5, 0.6) is 0 Å². The van der Waals surface area contributed by atoms with Crippen LogP contribution in [0.1, 0.15) is 40.2 Å². The lowest BCUT2D eigenvalue weighted by atomic mass is 10.0. The fraction of sp³-hybridized carbons (Fsp3) is 0.714. The van der Waals surface area contributed by atoms with Crippen molar-refractivity contribution in [3.05, 3.63) is 35.9 Å². The van der Waals surface area contributed by atoms with Gasteiger partial charge in [0.1, 0.15) is 0 Å². The highest BCUT2D eigenvalue weighted by molar-refractivity contribution is 5.16. The van der Waals surface area contributed by atoms with Gasteiger partial charge >= 0.3 is 0 Å². The molecule has 1 atom stereocenters. The molecule has 0 fully saturated rings. The van der Waals surface area contributed by atoms with Crippen LogP contribution in [0.3, 0.4) is 0 Å². The van der Waals surface area contributed by atoms with Gasteiger partial charge in [0.25, 0.3) is 0 Å². The smallest absolute Gasteiger partial charge is 0.0263 e. The minimum atomic E-state index is 0.596. The molecular formula is C21H39N3. The summed E-state index contributed by atoms with van der Waals surface area (Å²) in [6.07, 6.45) is 1.14. The number of likely N-dealkylation sites (N-methyl/N-ethyl adjacent to an activating group) is 3. The molecule has 3 nitrogen and oxygen atoms in total. The Morgan fingerprint density at radius 3 is 1.75 bits per heavy atom. The Bertz CT molecular complexity index is 399. The van der Waals surface area contributed by atoms with E-state index in [4.69, 9.17) is 0 Å². The lowest BCUT2D eigenvalue weighted by Crippen LogP contribution is -2.47. The maximum Gasteiger partial charge on any atom is 0.0263 e. The SMILES string of the molecule is CCN(CC)CCN(CC)CC(Cc1ccccc1)N(CC)CC. The molecule has 0 radical (unpaired) electrons. The van der Waals surface area contributed by atoms with Gasteiger partial charge in [-0.05, 0) is 44.7 Å². The van der Waals surface area contributed by atoms with E-state index in [9.17, 15) is 0 Å². The van der Waals surface area contributed by atoms with Gasteiger partial charge in [0.2, 0.25) is 0 Å². The first-order valence-corrected chi connectivity index (χ1v) is 9.90. The highest BCUT2D eigenvalue weighted by Gasteiger charge is 2.19. The van der Waals surface area contributed by atoms with Crippen molar-refractivity contribution in [1.29, 1.82) is 0 Å². The minimum Gasteiger partial charge on any atom is -0.303 e. The molecule has 0 bridgehead atoms. The summed E-state index contributed by atoms with van der Waals surface area (Å²) in [5.41, 5.74) is 1.45. The van der Waals surface area contributed by atoms with Crippen molar-refractivity contribution in [1.82, 2.24) is 14.7 Å². The topological polar surface area (TPSA) is 9.72 Å². The van der Waals surface area contributed by atoms with E-state index in [0.717, 1.165) is 45.7 Å². The standard InChI is InChI=1S/C21H39N3/c1-6-22(7-2)16-17-23(8-3)19-21(24(9-4)10-5)18-20-14-12-11-13-15-20/h11-15,21H,6-10,16-19H2,1-5H3. The number of nitrogens with zero attached hydrogens (tertiary/aromatic N) is 3. The first kappa shape index (κ1) is 21.1. The Balaban J connectivity index is 2.70. The first-order valence-electron chi connectivity index (χ1n) is 9.90. The zero-order valence-electron chi connectivity index (χ0n) is 16.7. The van der Waals surface area contributed by atoms with Crippen molar-refractivity contribution >= 4 is 0 Å². The molecule has 0 saturated carbocycles. The summed E-state index contributed by atoms with van der Waals surface area (Å²) in [6.45, 7) is 20.6. The molecule has 0 amide bonds. The third kappa shape index (κ3) is 7.33. The average Bonchev–Trinajstić information content (AvgIpc) is 2.63. The Hall–Kier alpha value is -0.900. The van der Waals surface area contributed by atoms with Crippen molar-refractivity contribution in [3.8, 4) is 0 Å². The van der Waals surface area contributed by atoms with Crippen molar-refractivity contribution in [2.75, 3.05) is 52.4 Å². The van der Waals surface area contributed by atoms with E-state index < -0.39 is 0 Å². The van der Waals surface area contributed by atoms with Gasteiger partial charge < -0.3 is 9.80 Å². The Kier molecular flexibility index (Phi) is 11.0. The summed E-state index contributed by atoms with van der Waals surface area (Å²) in [7, 11) is 0. The molecular weight excluding hydrogens is 294 g/mol. The van der Waals surface area contributed by atoms with Gasteiger partial charge in [0.05, 0.1) is 0 Å². The molecule has 1 aromatic carbocycles. The summed E-state index contributed by atoms with van der Waals surface area (Å²) in [5.74, 6) is 0. The van der Waals surface area contributed by atoms with Crippen molar-refractivity contribution in [2.45, 2.75) is 47.1 Å². The van der Waals surface area contributed by atoms with Crippen LogP contribution in [-0.4, -0.2) is 73.1 Å². The van der Waals surface area contributed by atoms with E-state index in [2.05, 4.69) is 79.7 Å². The normalized spacial score (nSPS) is 13.2. The van der Waals surface area contributed by atoms with Crippen molar-refractivity contribution in [2.24, 2.45) is 0 Å². The molecule has 0 spiro atoms. The van der Waals surface area contributed by atoms with Gasteiger partial charge in [0.15, 0.2) is 0 Å². The Morgan fingerprint density at radius 1 is 0.708 bits per heavy atom. The number of rotatable bonds is 13. The zero-order chi connectivity index (χ0) is 17.8. The van der Waals surface area contributed by atoms with Gasteiger partial charge in [-0.1, -0.05) is 65.0 Å². The van der Waals surface area contributed by atoms with E-state index in [0.29, 0.717) is 6.04 Å². The van der Waals surface area contributed by atoms with Gasteiger partial charge in [-0.3, -0.25) is 4.90 Å². The summed E-state index contributed by atoms with van der Waals surface area (Å²) >= 11 is 0. The van der Waals surface area contributed by atoms with E-state index in [-0.39, 0.29) is 0 Å². The summed E-state index contributed by atoms with van der Waals surface area (Å²) in [6, 6.07) is 11.6. The molecule has 0 saturated heterocycles. The molecule has 3 heteroatoms. The first-order chi connectivity index (χ1) is 11.7. The maximum atomic E-state index is 2.63. The zero-order valence-corrected chi connectivity index (χ0v) is 16.7. The monoisotopic (exact) mass is 333 g/mol. The molecule has 0 heterocycles. The molecule has 1 aromatic rings. The van der Waals surface area contributed by atoms with E-state index in [1.807, 2.05) is 0 Å². The molecule has 138 valence electrons. The second-order valence-electron chi connectivity index (χ2n) is 6.48. The van der Waals surface area contributed by atoms with Gasteiger partial charge in [0, 0.05) is 25.7 Å². The van der Waals surface area contributed by atoms with Crippen LogP contribution >= 0.6 is 0 Å². The van der Waals surface area contributed by atoms with Crippen LogP contribution in [0.4, 0.5) is 0 Å². The fourth-order valence-electron chi connectivity index (χ4n) is 3.43. The second-order valence-corrected chi connectivity index (χ2v) is 6.48. The van der Waals surface area contributed by atoms with E-state index >= 15 is 0 Å². The maximum absolute atomic E-state index is 2.63. The van der Waals surface area contributed by atoms with Crippen LogP contribution < -0.4 is 0 Å². The molecule has 0 N–H and O–H groups in total. The predicted molar refractivity (Wildman–Crippen MR) is 107 cm³/mol. The molecule has 1 unspecified atom stereocenters. The summed E-state index contributed by atoms with van der Waals surface area (Å²) in [4.78, 5) is 7.77. The summed E-state index contributed by atoms with van der Waals surface area (Å²) in [5, 5.41) is 0. The second kappa shape index (κ2) is 12.5. The van der Waals surface area contributed by atoms with E-state index in [1.54, 1.807) is 0 Å². The van der Waals surface area contributed by atoms with Crippen LogP contribution in [0.2, 0.25) is 0 Å². The predicted octanol–water partition coefficient (Wildman–Crippen LogP) is 3.60. The average molecular weight is 334 g/mol. The lowest BCUT2D eigenvalue weighted by Gasteiger charge is -2.35. The molecule has 0 aliphatic heterocycles. The molecule has 0 aliphatic carbocycles. The van der Waals surface area contributed by atoms with Crippen LogP contribution in [-0.2, 0) is 6.42 Å². The third-order valence-corrected chi connectivity index (χ3v) is 5.19.